The number of fused-ring (bicyclic) bond motifs is 1. The number of amides is 1. The zero-order chi connectivity index (χ0) is 17.8. The van der Waals surface area contributed by atoms with Crippen molar-refractivity contribution in [3.63, 3.8) is 0 Å². The molecule has 1 aliphatic rings. The first-order valence-electron chi connectivity index (χ1n) is 8.14. The van der Waals surface area contributed by atoms with Crippen molar-refractivity contribution in [3.8, 4) is 11.5 Å². The number of benzene rings is 2. The van der Waals surface area contributed by atoms with Crippen LogP contribution in [-0.4, -0.2) is 37.6 Å². The number of ether oxygens (including phenoxy) is 2. The van der Waals surface area contributed by atoms with Crippen LogP contribution in [0.2, 0.25) is 0 Å². The van der Waals surface area contributed by atoms with E-state index in [1.807, 2.05) is 18.0 Å². The molecule has 0 saturated heterocycles. The zero-order valence-corrected chi connectivity index (χ0v) is 15.9. The van der Waals surface area contributed by atoms with Crippen LogP contribution in [-0.2, 0) is 11.3 Å². The molecule has 0 aromatic heterocycles. The highest BCUT2D eigenvalue weighted by atomic mass is 79.9. The third-order valence-electron chi connectivity index (χ3n) is 3.89. The molecule has 0 saturated carbocycles. The van der Waals surface area contributed by atoms with Crippen LogP contribution in [0.3, 0.4) is 0 Å². The highest BCUT2D eigenvalue weighted by Crippen LogP contribution is 2.38. The van der Waals surface area contributed by atoms with Crippen LogP contribution in [0.5, 0.6) is 11.5 Å². The van der Waals surface area contributed by atoms with Gasteiger partial charge in [0.25, 0.3) is 0 Å². The number of carbonyl (C=O) groups is 1. The van der Waals surface area contributed by atoms with E-state index in [-0.39, 0.29) is 5.91 Å². The zero-order valence-electron chi connectivity index (χ0n) is 14.3. The van der Waals surface area contributed by atoms with Crippen molar-refractivity contribution in [1.82, 2.24) is 4.90 Å². The Bertz CT molecular complexity index is 762. The molecule has 5 nitrogen and oxygen atoms in total. The molecular formula is C19H21BrN2O3. The first-order chi connectivity index (χ1) is 12.0. The SMILES string of the molecule is Cc1ccc(CN(C)CC(=O)Nc2cc3c(cc2Br)OCCO3)cc1. The summed E-state index contributed by atoms with van der Waals surface area (Å²) in [4.78, 5) is 14.3. The van der Waals surface area contributed by atoms with E-state index < -0.39 is 0 Å². The van der Waals surface area contributed by atoms with Crippen LogP contribution in [0.15, 0.2) is 40.9 Å². The Morgan fingerprint density at radius 1 is 1.16 bits per heavy atom. The molecule has 6 heteroatoms. The topological polar surface area (TPSA) is 50.8 Å². The molecule has 132 valence electrons. The molecule has 0 fully saturated rings. The van der Waals surface area contributed by atoms with E-state index in [1.165, 1.54) is 11.1 Å². The summed E-state index contributed by atoms with van der Waals surface area (Å²) in [5.74, 6) is 1.26. The Morgan fingerprint density at radius 3 is 2.48 bits per heavy atom. The van der Waals surface area contributed by atoms with Crippen molar-refractivity contribution in [2.75, 3.05) is 32.1 Å². The third-order valence-corrected chi connectivity index (χ3v) is 4.55. The van der Waals surface area contributed by atoms with Crippen LogP contribution in [0.25, 0.3) is 0 Å². The standard InChI is InChI=1S/C19H21BrN2O3/c1-13-3-5-14(6-4-13)11-22(2)12-19(23)21-16-10-18-17(9-15(16)20)24-7-8-25-18/h3-6,9-10H,7-8,11-12H2,1-2H3,(H,21,23). The maximum absolute atomic E-state index is 12.3. The largest absolute Gasteiger partial charge is 0.486 e. The number of nitrogens with one attached hydrogen (secondary N) is 1. The van der Waals surface area contributed by atoms with Crippen LogP contribution in [0.1, 0.15) is 11.1 Å². The van der Waals surface area contributed by atoms with Gasteiger partial charge in [-0.25, -0.2) is 0 Å². The molecule has 2 aromatic rings. The van der Waals surface area contributed by atoms with Crippen molar-refractivity contribution < 1.29 is 14.3 Å². The minimum atomic E-state index is -0.0769. The molecule has 3 rings (SSSR count). The van der Waals surface area contributed by atoms with Gasteiger partial charge in [0.1, 0.15) is 13.2 Å². The minimum absolute atomic E-state index is 0.0769. The van der Waals surface area contributed by atoms with Gasteiger partial charge in [-0.15, -0.1) is 0 Å². The van der Waals surface area contributed by atoms with Gasteiger partial charge in [-0.05, 0) is 35.5 Å². The summed E-state index contributed by atoms with van der Waals surface area (Å²) < 4.78 is 11.9. The first kappa shape index (κ1) is 17.8. The lowest BCUT2D eigenvalue weighted by Crippen LogP contribution is -2.30. The molecule has 0 radical (unpaired) electrons. The van der Waals surface area contributed by atoms with Crippen molar-refractivity contribution in [2.45, 2.75) is 13.5 Å². The van der Waals surface area contributed by atoms with Crippen LogP contribution >= 0.6 is 15.9 Å². The molecule has 1 N–H and O–H groups in total. The fourth-order valence-corrected chi connectivity index (χ4v) is 3.08. The summed E-state index contributed by atoms with van der Waals surface area (Å²) in [6, 6.07) is 11.9. The highest BCUT2D eigenvalue weighted by molar-refractivity contribution is 9.10. The summed E-state index contributed by atoms with van der Waals surface area (Å²) >= 11 is 3.47. The fourth-order valence-electron chi connectivity index (χ4n) is 2.66. The summed E-state index contributed by atoms with van der Waals surface area (Å²) in [5, 5.41) is 2.92. The van der Waals surface area contributed by atoms with Gasteiger partial charge in [-0.2, -0.15) is 0 Å². The maximum Gasteiger partial charge on any atom is 0.238 e. The van der Waals surface area contributed by atoms with Gasteiger partial charge in [0.05, 0.1) is 12.2 Å². The number of hydrogen-bond acceptors (Lipinski definition) is 4. The monoisotopic (exact) mass is 404 g/mol. The van der Waals surface area contributed by atoms with E-state index in [9.17, 15) is 4.79 Å². The smallest absolute Gasteiger partial charge is 0.238 e. The highest BCUT2D eigenvalue weighted by Gasteiger charge is 2.16. The van der Waals surface area contributed by atoms with Gasteiger partial charge in [-0.3, -0.25) is 9.69 Å². The molecule has 1 aliphatic heterocycles. The molecule has 0 unspecified atom stereocenters. The molecule has 0 spiro atoms. The second-order valence-electron chi connectivity index (χ2n) is 6.18. The summed E-state index contributed by atoms with van der Waals surface area (Å²) in [6.07, 6.45) is 0. The number of hydrogen-bond donors (Lipinski definition) is 1. The van der Waals surface area contributed by atoms with E-state index in [0.29, 0.717) is 36.9 Å². The molecular weight excluding hydrogens is 384 g/mol. The molecule has 0 atom stereocenters. The predicted molar refractivity (Wildman–Crippen MR) is 101 cm³/mol. The van der Waals surface area contributed by atoms with Crippen LogP contribution in [0.4, 0.5) is 5.69 Å². The number of nitrogens with zero attached hydrogens (tertiary/aromatic N) is 1. The van der Waals surface area contributed by atoms with Gasteiger partial charge in [0.2, 0.25) is 5.91 Å². The Balaban J connectivity index is 1.59. The van der Waals surface area contributed by atoms with E-state index in [0.717, 1.165) is 11.0 Å². The van der Waals surface area contributed by atoms with Crippen LogP contribution < -0.4 is 14.8 Å². The lowest BCUT2D eigenvalue weighted by atomic mass is 10.1. The number of halogens is 1. The average Bonchev–Trinajstić information content (AvgIpc) is 2.57. The predicted octanol–water partition coefficient (Wildman–Crippen LogP) is 3.60. The number of likely N-dealkylation sites (N-methyl/N-ethyl adjacent to an activating group) is 1. The van der Waals surface area contributed by atoms with Gasteiger partial charge < -0.3 is 14.8 Å². The number of anilines is 1. The molecule has 1 heterocycles. The minimum Gasteiger partial charge on any atom is -0.486 e. The van der Waals surface area contributed by atoms with Crippen molar-refractivity contribution in [1.29, 1.82) is 0 Å². The van der Waals surface area contributed by atoms with Gasteiger partial charge >= 0.3 is 0 Å². The number of rotatable bonds is 5. The van der Waals surface area contributed by atoms with E-state index >= 15 is 0 Å². The van der Waals surface area contributed by atoms with Gasteiger partial charge in [0.15, 0.2) is 11.5 Å². The quantitative estimate of drug-likeness (QED) is 0.826. The Labute approximate surface area is 156 Å². The van der Waals surface area contributed by atoms with Crippen molar-refractivity contribution >= 4 is 27.5 Å². The van der Waals surface area contributed by atoms with Gasteiger partial charge in [-0.1, -0.05) is 29.8 Å². The summed E-state index contributed by atoms with van der Waals surface area (Å²) in [5.41, 5.74) is 3.09. The van der Waals surface area contributed by atoms with E-state index in [4.69, 9.17) is 9.47 Å². The maximum atomic E-state index is 12.3. The Hall–Kier alpha value is -2.05. The third kappa shape index (κ3) is 4.74. The summed E-state index contributed by atoms with van der Waals surface area (Å²) in [7, 11) is 1.93. The summed E-state index contributed by atoms with van der Waals surface area (Å²) in [6.45, 7) is 4.13. The lowest BCUT2D eigenvalue weighted by molar-refractivity contribution is -0.117. The van der Waals surface area contributed by atoms with Crippen molar-refractivity contribution in [2.24, 2.45) is 0 Å². The van der Waals surface area contributed by atoms with E-state index in [1.54, 1.807) is 6.07 Å². The molecule has 0 bridgehead atoms. The molecule has 1 amide bonds. The van der Waals surface area contributed by atoms with E-state index in [2.05, 4.69) is 52.4 Å². The molecule has 2 aromatic carbocycles. The number of carbonyl (C=O) groups excluding carboxylic acids is 1. The normalized spacial score (nSPS) is 13.0. The second-order valence-corrected chi connectivity index (χ2v) is 7.04. The molecule has 0 aliphatic carbocycles. The number of aryl methyl sites for hydroxylation is 1. The first-order valence-corrected chi connectivity index (χ1v) is 8.93. The average molecular weight is 405 g/mol. The Kier molecular flexibility index (Phi) is 5.60. The fraction of sp³-hybridized carbons (Fsp3) is 0.316. The van der Waals surface area contributed by atoms with Crippen LogP contribution in [0, 0.1) is 6.92 Å². The second kappa shape index (κ2) is 7.89. The van der Waals surface area contributed by atoms with Gasteiger partial charge in [0, 0.05) is 23.2 Å². The molecule has 25 heavy (non-hydrogen) atoms. The lowest BCUT2D eigenvalue weighted by Gasteiger charge is -2.21. The van der Waals surface area contributed by atoms with Crippen molar-refractivity contribution in [3.05, 3.63) is 52.0 Å². The Morgan fingerprint density at radius 2 is 1.80 bits per heavy atom.